The Balaban J connectivity index is 1.19. The van der Waals surface area contributed by atoms with Crippen LogP contribution in [0, 0.1) is 41.4 Å². The Morgan fingerprint density at radius 1 is 0.941 bits per heavy atom. The molecular weight excluding hydrogens is 418 g/mol. The number of nitrogens with one attached hydrogen (secondary N) is 1. The quantitative estimate of drug-likeness (QED) is 0.622. The molecule has 4 nitrogen and oxygen atoms in total. The van der Waals surface area contributed by atoms with Gasteiger partial charge in [0.2, 0.25) is 0 Å². The molecule has 4 heteroatoms. The molecule has 2 bridgehead atoms. The van der Waals surface area contributed by atoms with Crippen LogP contribution in [0.4, 0.5) is 0 Å². The van der Waals surface area contributed by atoms with Crippen LogP contribution in [0.1, 0.15) is 91.4 Å². The highest BCUT2D eigenvalue weighted by Crippen LogP contribution is 2.53. The summed E-state index contributed by atoms with van der Waals surface area (Å²) in [5, 5.41) is 16.4. The van der Waals surface area contributed by atoms with E-state index in [0.717, 1.165) is 60.6 Å². The van der Waals surface area contributed by atoms with E-state index in [4.69, 9.17) is 0 Å². The summed E-state index contributed by atoms with van der Waals surface area (Å²) in [6, 6.07) is 2.53. The van der Waals surface area contributed by atoms with E-state index in [2.05, 4.69) is 42.9 Å². The molecule has 6 rings (SSSR count). The molecule has 3 aliphatic heterocycles. The summed E-state index contributed by atoms with van der Waals surface area (Å²) in [4.78, 5) is 5.46. The summed E-state index contributed by atoms with van der Waals surface area (Å²) in [5.74, 6) is 5.58. The zero-order chi connectivity index (χ0) is 23.6. The molecule has 0 radical (unpaired) electrons. The minimum atomic E-state index is -0.484. The van der Waals surface area contributed by atoms with Gasteiger partial charge >= 0.3 is 0 Å². The second-order valence-corrected chi connectivity index (χ2v) is 14.2. The molecule has 0 aromatic rings. The van der Waals surface area contributed by atoms with Gasteiger partial charge in [-0.2, -0.15) is 0 Å². The van der Waals surface area contributed by atoms with Gasteiger partial charge in [-0.3, -0.25) is 0 Å². The van der Waals surface area contributed by atoms with Gasteiger partial charge in [0.15, 0.2) is 0 Å². The third-order valence-corrected chi connectivity index (χ3v) is 12.2. The molecule has 0 aromatic heterocycles. The second kappa shape index (κ2) is 9.30. The van der Waals surface area contributed by atoms with Gasteiger partial charge in [0.1, 0.15) is 0 Å². The maximum Gasteiger partial charge on any atom is 0.0841 e. The number of hydrogen-bond donors (Lipinski definition) is 2. The van der Waals surface area contributed by atoms with Crippen LogP contribution in [0.3, 0.4) is 0 Å². The lowest BCUT2D eigenvalue weighted by Gasteiger charge is -2.53. The number of piperidine rings is 3. The first-order valence-corrected chi connectivity index (χ1v) is 15.3. The molecule has 6 fully saturated rings. The van der Waals surface area contributed by atoms with Gasteiger partial charge < -0.3 is 20.2 Å². The lowest BCUT2D eigenvalue weighted by atomic mass is 9.64. The molecule has 34 heavy (non-hydrogen) atoms. The van der Waals surface area contributed by atoms with E-state index in [9.17, 15) is 5.11 Å². The summed E-state index contributed by atoms with van der Waals surface area (Å²) in [6.07, 6.45) is 14.5. The van der Waals surface area contributed by atoms with Crippen molar-refractivity contribution in [2.75, 3.05) is 26.7 Å². The fourth-order valence-corrected chi connectivity index (χ4v) is 10.7. The topological polar surface area (TPSA) is 38.7 Å². The average molecular weight is 472 g/mol. The van der Waals surface area contributed by atoms with Gasteiger partial charge in [0.25, 0.3) is 0 Å². The van der Waals surface area contributed by atoms with Crippen LogP contribution in [0.25, 0.3) is 0 Å². The maximum absolute atomic E-state index is 12.2. The van der Waals surface area contributed by atoms with Crippen molar-refractivity contribution in [1.82, 2.24) is 15.1 Å². The zero-order valence-electron chi connectivity index (χ0n) is 22.6. The van der Waals surface area contributed by atoms with Gasteiger partial charge in [-0.25, -0.2) is 0 Å². The molecule has 0 spiro atoms. The van der Waals surface area contributed by atoms with E-state index < -0.39 is 5.60 Å². The van der Waals surface area contributed by atoms with E-state index in [1.807, 2.05) is 0 Å². The minimum Gasteiger partial charge on any atom is -0.388 e. The molecule has 194 valence electrons. The van der Waals surface area contributed by atoms with Crippen LogP contribution in [0.5, 0.6) is 0 Å². The number of rotatable bonds is 3. The van der Waals surface area contributed by atoms with E-state index in [0.29, 0.717) is 18.0 Å². The number of aliphatic hydroxyl groups is 1. The highest BCUT2D eigenvalue weighted by molar-refractivity contribution is 5.11. The van der Waals surface area contributed by atoms with Crippen LogP contribution < -0.4 is 5.32 Å². The van der Waals surface area contributed by atoms with Gasteiger partial charge in [-0.1, -0.05) is 20.8 Å². The van der Waals surface area contributed by atoms with Crippen molar-refractivity contribution in [1.29, 1.82) is 0 Å². The van der Waals surface area contributed by atoms with Gasteiger partial charge in [-0.05, 0) is 126 Å². The number of hydrogen-bond acceptors (Lipinski definition) is 4. The fraction of sp³-hybridized carbons (Fsp3) is 1.00. The van der Waals surface area contributed by atoms with E-state index in [1.54, 1.807) is 0 Å². The van der Waals surface area contributed by atoms with Crippen molar-refractivity contribution in [2.24, 2.45) is 41.4 Å². The molecule has 0 amide bonds. The predicted octanol–water partition coefficient (Wildman–Crippen LogP) is 4.76. The highest BCUT2D eigenvalue weighted by Gasteiger charge is 2.57. The Labute approximate surface area is 209 Å². The Morgan fingerprint density at radius 3 is 2.56 bits per heavy atom. The molecule has 2 N–H and O–H groups in total. The molecule has 6 aliphatic rings. The standard InChI is InChI=1S/C30H53N3O/c1-5-33-10-6-7-25-21(11-20(3)14-28(25)33)15-24-8-9-30(34)23-17-26-22(16-29(30)31-24)12-19(2)13-27(26)32(4)18-23/h19-29,31,34H,5-18H2,1-4H3/t19-,20+,21-,22+,23-,24+,25+,26-,27+,28-,29+,30+/m1/s1. The number of likely N-dealkylation sites (tertiary alicyclic amines) is 2. The summed E-state index contributed by atoms with van der Waals surface area (Å²) in [5.41, 5.74) is -0.484. The third-order valence-electron chi connectivity index (χ3n) is 12.2. The maximum atomic E-state index is 12.2. The summed E-state index contributed by atoms with van der Waals surface area (Å²) in [6.45, 7) is 11.0. The summed E-state index contributed by atoms with van der Waals surface area (Å²) >= 11 is 0. The SMILES string of the molecule is CCN1CCC[C@H]2[C@@H](C[C@@H]3CC[C@]4(O)[C@@H]5C[C@@H]6[C@@H](C[C@@H](C)C[C@@H]6N(C)C5)C[C@@H]4N3)C[C@H](C)C[C@H]21. The predicted molar refractivity (Wildman–Crippen MR) is 140 cm³/mol. The molecule has 3 saturated heterocycles. The highest BCUT2D eigenvalue weighted by atomic mass is 16.3. The monoisotopic (exact) mass is 471 g/mol. The smallest absolute Gasteiger partial charge is 0.0841 e. The van der Waals surface area contributed by atoms with Crippen LogP contribution in [0.15, 0.2) is 0 Å². The normalized spacial score (nSPS) is 54.1. The van der Waals surface area contributed by atoms with E-state index >= 15 is 0 Å². The Kier molecular flexibility index (Phi) is 6.62. The van der Waals surface area contributed by atoms with E-state index in [-0.39, 0.29) is 0 Å². The van der Waals surface area contributed by atoms with Crippen molar-refractivity contribution in [3.05, 3.63) is 0 Å². The molecule has 3 saturated carbocycles. The molecule has 12 atom stereocenters. The van der Waals surface area contributed by atoms with Crippen molar-refractivity contribution in [2.45, 2.75) is 121 Å². The molecule has 3 heterocycles. The lowest BCUT2D eigenvalue weighted by molar-refractivity contribution is -0.105. The Morgan fingerprint density at radius 2 is 1.74 bits per heavy atom. The first kappa shape index (κ1) is 24.2. The second-order valence-electron chi connectivity index (χ2n) is 14.2. The van der Waals surface area contributed by atoms with E-state index in [1.165, 1.54) is 77.3 Å². The lowest BCUT2D eigenvalue weighted by Crippen LogP contribution is -2.64. The number of nitrogens with zero attached hydrogens (tertiary/aromatic N) is 2. The molecule has 0 aromatic carbocycles. The third kappa shape index (κ3) is 4.11. The summed E-state index contributed by atoms with van der Waals surface area (Å²) in [7, 11) is 2.35. The van der Waals surface area contributed by atoms with Crippen LogP contribution in [-0.2, 0) is 0 Å². The van der Waals surface area contributed by atoms with Gasteiger partial charge in [-0.15, -0.1) is 0 Å². The van der Waals surface area contributed by atoms with Crippen molar-refractivity contribution < 1.29 is 5.11 Å². The van der Waals surface area contributed by atoms with Gasteiger partial charge in [0.05, 0.1) is 5.60 Å². The van der Waals surface area contributed by atoms with Crippen LogP contribution in [-0.4, -0.2) is 71.4 Å². The zero-order valence-corrected chi connectivity index (χ0v) is 22.6. The van der Waals surface area contributed by atoms with Crippen molar-refractivity contribution in [3.63, 3.8) is 0 Å². The molecule has 3 aliphatic carbocycles. The van der Waals surface area contributed by atoms with Gasteiger partial charge in [0, 0.05) is 36.6 Å². The molecule has 0 unspecified atom stereocenters. The Bertz CT molecular complexity index is 730. The van der Waals surface area contributed by atoms with Crippen molar-refractivity contribution in [3.8, 4) is 0 Å². The summed E-state index contributed by atoms with van der Waals surface area (Å²) < 4.78 is 0. The molecular formula is C30H53N3O. The number of fused-ring (bicyclic) bond motifs is 4. The fourth-order valence-electron chi connectivity index (χ4n) is 10.7. The Hall–Kier alpha value is -0.160. The first-order chi connectivity index (χ1) is 16.4. The minimum absolute atomic E-state index is 0.319. The van der Waals surface area contributed by atoms with Crippen molar-refractivity contribution >= 4 is 0 Å². The largest absolute Gasteiger partial charge is 0.388 e. The van der Waals surface area contributed by atoms with Crippen LogP contribution in [0.2, 0.25) is 0 Å². The average Bonchev–Trinajstić information content (AvgIpc) is 2.91. The first-order valence-electron chi connectivity index (χ1n) is 15.3. The van der Waals surface area contributed by atoms with Crippen LogP contribution >= 0.6 is 0 Å².